The van der Waals surface area contributed by atoms with E-state index in [0.717, 1.165) is 46.5 Å². The molecule has 3 heteroatoms. The number of hydrogen-bond donors (Lipinski definition) is 0. The van der Waals surface area contributed by atoms with Gasteiger partial charge < -0.3 is 4.42 Å². The van der Waals surface area contributed by atoms with Gasteiger partial charge in [-0.1, -0.05) is 75.2 Å². The average Bonchev–Trinajstić information content (AvgIpc) is 2.78. The van der Waals surface area contributed by atoms with Gasteiger partial charge in [0.1, 0.15) is 0 Å². The molecule has 154 valence electrons. The highest BCUT2D eigenvalue weighted by atomic mass is 32.1. The van der Waals surface area contributed by atoms with E-state index < -0.39 is 0 Å². The maximum absolute atomic E-state index is 15.0. The van der Waals surface area contributed by atoms with Crippen LogP contribution in [0.1, 0.15) is 50.7 Å². The second kappa shape index (κ2) is 9.09. The van der Waals surface area contributed by atoms with Crippen molar-refractivity contribution in [1.82, 2.24) is 0 Å². The minimum absolute atomic E-state index is 0.272. The van der Waals surface area contributed by atoms with Crippen LogP contribution in [0.5, 0.6) is 0 Å². The van der Waals surface area contributed by atoms with E-state index in [2.05, 4.69) is 50.2 Å². The molecule has 1 heterocycles. The molecule has 3 aromatic carbocycles. The first-order valence-corrected chi connectivity index (χ1v) is 11.3. The van der Waals surface area contributed by atoms with Crippen LogP contribution in [0.3, 0.4) is 0 Å². The molecule has 0 radical (unpaired) electrons. The van der Waals surface area contributed by atoms with E-state index in [1.807, 2.05) is 18.2 Å². The fraction of sp³-hybridized carbons (Fsp3) is 0.296. The molecule has 0 spiro atoms. The van der Waals surface area contributed by atoms with Crippen molar-refractivity contribution < 1.29 is 8.81 Å². The van der Waals surface area contributed by atoms with Crippen LogP contribution < -0.4 is 0 Å². The molecule has 1 aromatic heterocycles. The molecule has 0 aliphatic carbocycles. The summed E-state index contributed by atoms with van der Waals surface area (Å²) in [5.41, 5.74) is 4.56. The largest absolute Gasteiger partial charge is 0.441 e. The molecule has 0 aliphatic rings. The summed E-state index contributed by atoms with van der Waals surface area (Å²) in [5, 5.41) is 2.56. The van der Waals surface area contributed by atoms with E-state index in [1.165, 1.54) is 18.4 Å². The summed E-state index contributed by atoms with van der Waals surface area (Å²) in [6, 6.07) is 18.7. The first-order chi connectivity index (χ1) is 14.6. The zero-order valence-electron chi connectivity index (χ0n) is 17.6. The van der Waals surface area contributed by atoms with Gasteiger partial charge in [-0.3, -0.25) is 0 Å². The Morgan fingerprint density at radius 2 is 1.43 bits per heavy atom. The second-order valence-corrected chi connectivity index (χ2v) is 8.34. The summed E-state index contributed by atoms with van der Waals surface area (Å²) in [4.78, 5) is 0. The van der Waals surface area contributed by atoms with Gasteiger partial charge >= 0.3 is 0 Å². The first kappa shape index (κ1) is 20.7. The van der Waals surface area contributed by atoms with Gasteiger partial charge in [0.2, 0.25) is 0 Å². The van der Waals surface area contributed by atoms with E-state index in [1.54, 1.807) is 0 Å². The van der Waals surface area contributed by atoms with Crippen molar-refractivity contribution >= 4 is 34.0 Å². The third-order valence-corrected chi connectivity index (χ3v) is 6.11. The Bertz CT molecular complexity index is 1240. The number of aryl methyl sites for hydroxylation is 2. The van der Waals surface area contributed by atoms with Crippen LogP contribution >= 0.6 is 12.2 Å². The number of hydrogen-bond acceptors (Lipinski definition) is 2. The molecule has 0 atom stereocenters. The Hall–Kier alpha value is -2.52. The molecule has 0 saturated heterocycles. The van der Waals surface area contributed by atoms with Crippen molar-refractivity contribution in [2.45, 2.75) is 52.4 Å². The summed E-state index contributed by atoms with van der Waals surface area (Å²) in [5.74, 6) is -0.277. The number of unbranched alkanes of at least 4 members (excludes halogenated alkanes) is 2. The van der Waals surface area contributed by atoms with Crippen molar-refractivity contribution in [1.29, 1.82) is 0 Å². The van der Waals surface area contributed by atoms with Crippen LogP contribution in [0, 0.1) is 10.5 Å². The Labute approximate surface area is 182 Å². The van der Waals surface area contributed by atoms with Gasteiger partial charge in [-0.15, -0.1) is 0 Å². The van der Waals surface area contributed by atoms with Gasteiger partial charge in [-0.05, 0) is 71.6 Å². The molecule has 0 aliphatic heterocycles. The molecule has 1 nitrogen and oxygen atoms in total. The van der Waals surface area contributed by atoms with Crippen LogP contribution in [0.4, 0.5) is 4.39 Å². The second-order valence-electron chi connectivity index (χ2n) is 7.97. The van der Waals surface area contributed by atoms with Crippen molar-refractivity contribution in [2.24, 2.45) is 0 Å². The van der Waals surface area contributed by atoms with E-state index in [4.69, 9.17) is 16.6 Å². The first-order valence-electron chi connectivity index (χ1n) is 10.9. The molecular weight excluding hydrogens is 391 g/mol. The van der Waals surface area contributed by atoms with Crippen molar-refractivity contribution in [3.05, 3.63) is 76.2 Å². The monoisotopic (exact) mass is 418 g/mol. The van der Waals surface area contributed by atoms with Gasteiger partial charge in [0, 0.05) is 10.8 Å². The van der Waals surface area contributed by atoms with Crippen LogP contribution in [-0.4, -0.2) is 0 Å². The van der Waals surface area contributed by atoms with Crippen LogP contribution in [0.2, 0.25) is 0 Å². The standard InChI is InChI=1S/C27H27FOS/c1-3-5-7-18-9-11-19(12-10-18)21-14-15-22-23-16-13-20(8-6-4-2)25(28)26(23)29-27(30)24(22)17-21/h9-17H,3-8H2,1-2H3. The predicted molar refractivity (Wildman–Crippen MR) is 127 cm³/mol. The van der Waals surface area contributed by atoms with E-state index in [-0.39, 0.29) is 11.4 Å². The molecule has 0 amide bonds. The average molecular weight is 419 g/mol. The van der Waals surface area contributed by atoms with Crippen molar-refractivity contribution in [3.63, 3.8) is 0 Å². The maximum atomic E-state index is 15.0. The molecular formula is C27H27FOS. The van der Waals surface area contributed by atoms with Crippen LogP contribution in [0.25, 0.3) is 32.9 Å². The van der Waals surface area contributed by atoms with Gasteiger partial charge in [0.05, 0.1) is 0 Å². The summed E-state index contributed by atoms with van der Waals surface area (Å²) in [6.07, 6.45) is 6.22. The lowest BCUT2D eigenvalue weighted by Crippen LogP contribution is -1.93. The predicted octanol–water partition coefficient (Wildman–Crippen LogP) is 8.81. The summed E-state index contributed by atoms with van der Waals surface area (Å²) < 4.78 is 21.2. The quantitative estimate of drug-likeness (QED) is 0.220. The molecule has 30 heavy (non-hydrogen) atoms. The minimum Gasteiger partial charge on any atom is -0.441 e. The number of fused-ring (bicyclic) bond motifs is 3. The normalized spacial score (nSPS) is 11.4. The summed E-state index contributed by atoms with van der Waals surface area (Å²) in [7, 11) is 0. The fourth-order valence-corrected chi connectivity index (χ4v) is 4.24. The lowest BCUT2D eigenvalue weighted by Gasteiger charge is -2.10. The summed E-state index contributed by atoms with van der Waals surface area (Å²) >= 11 is 5.52. The van der Waals surface area contributed by atoms with Crippen LogP contribution in [-0.2, 0) is 12.8 Å². The Kier molecular flexibility index (Phi) is 6.29. The van der Waals surface area contributed by atoms with Crippen LogP contribution in [0.15, 0.2) is 59.0 Å². The Morgan fingerprint density at radius 1 is 0.767 bits per heavy atom. The molecule has 4 aromatic rings. The topological polar surface area (TPSA) is 13.1 Å². The van der Waals surface area contributed by atoms with Gasteiger partial charge in [0.25, 0.3) is 0 Å². The molecule has 0 N–H and O–H groups in total. The number of rotatable bonds is 7. The summed E-state index contributed by atoms with van der Waals surface area (Å²) in [6.45, 7) is 4.32. The van der Waals surface area contributed by atoms with E-state index in [9.17, 15) is 0 Å². The Morgan fingerprint density at radius 3 is 2.17 bits per heavy atom. The number of benzene rings is 3. The van der Waals surface area contributed by atoms with E-state index >= 15 is 4.39 Å². The molecule has 0 saturated carbocycles. The zero-order valence-corrected chi connectivity index (χ0v) is 18.4. The third-order valence-electron chi connectivity index (χ3n) is 5.81. The lowest BCUT2D eigenvalue weighted by molar-refractivity contribution is 0.537. The zero-order chi connectivity index (χ0) is 21.1. The van der Waals surface area contributed by atoms with Gasteiger partial charge in [-0.25, -0.2) is 4.39 Å². The highest BCUT2D eigenvalue weighted by Gasteiger charge is 2.14. The van der Waals surface area contributed by atoms with Gasteiger partial charge in [0.15, 0.2) is 16.1 Å². The van der Waals surface area contributed by atoms with Crippen molar-refractivity contribution in [3.8, 4) is 11.1 Å². The SMILES string of the molecule is CCCCc1ccc(-c2ccc3c(c2)c(=S)oc2c(F)c(CCCC)ccc23)cc1. The third kappa shape index (κ3) is 4.04. The Balaban J connectivity index is 1.77. The smallest absolute Gasteiger partial charge is 0.198 e. The van der Waals surface area contributed by atoms with E-state index in [0.29, 0.717) is 16.7 Å². The molecule has 4 rings (SSSR count). The number of halogens is 1. The fourth-order valence-electron chi connectivity index (χ4n) is 3.99. The maximum Gasteiger partial charge on any atom is 0.198 e. The highest BCUT2D eigenvalue weighted by molar-refractivity contribution is 7.71. The molecule has 0 unspecified atom stereocenters. The van der Waals surface area contributed by atoms with Crippen molar-refractivity contribution in [2.75, 3.05) is 0 Å². The van der Waals surface area contributed by atoms with Gasteiger partial charge in [-0.2, -0.15) is 0 Å². The molecule has 0 fully saturated rings. The highest BCUT2D eigenvalue weighted by Crippen LogP contribution is 2.33. The molecule has 0 bridgehead atoms. The minimum atomic E-state index is -0.277. The lowest BCUT2D eigenvalue weighted by atomic mass is 9.98.